The van der Waals surface area contributed by atoms with Crippen LogP contribution in [0.5, 0.6) is 0 Å². The summed E-state index contributed by atoms with van der Waals surface area (Å²) in [5.74, 6) is 2.61. The number of hydrogen-bond acceptors (Lipinski definition) is 2. The smallest absolute Gasteiger partial charge is 0.0822 e. The Kier molecular flexibility index (Phi) is 6.68. The lowest BCUT2D eigenvalue weighted by Crippen LogP contribution is -2.33. The summed E-state index contributed by atoms with van der Waals surface area (Å²) in [6, 6.07) is 0. The molecule has 1 aliphatic heterocycles. The maximum atomic E-state index is 10.2. The molecule has 1 rings (SSSR count). The molecule has 1 radical (unpaired) electrons. The van der Waals surface area contributed by atoms with E-state index in [1.54, 1.807) is 0 Å². The molecular weight excluding hydrogens is 182 g/mol. The number of thioether (sulfide) groups is 1. The molecule has 0 aromatic carbocycles. The van der Waals surface area contributed by atoms with Crippen LogP contribution in [0.2, 0.25) is 0 Å². The van der Waals surface area contributed by atoms with Crippen molar-refractivity contribution in [2.75, 3.05) is 37.7 Å². The van der Waals surface area contributed by atoms with Crippen molar-refractivity contribution in [3.63, 3.8) is 0 Å². The van der Waals surface area contributed by atoms with E-state index in [2.05, 4.69) is 16.7 Å². The molecule has 0 spiro atoms. The van der Waals surface area contributed by atoms with E-state index >= 15 is 0 Å². The fraction of sp³-hybridized carbons (Fsp3) is 1.00. The van der Waals surface area contributed by atoms with Gasteiger partial charge in [0.15, 0.2) is 0 Å². The summed E-state index contributed by atoms with van der Waals surface area (Å²) in [5, 5.41) is 10.2. The average molecular weight is 202 g/mol. The molecule has 0 aromatic rings. The highest BCUT2D eigenvalue weighted by atomic mass is 32.2. The fourth-order valence-electron chi connectivity index (χ4n) is 1.62. The quantitative estimate of drug-likeness (QED) is 0.615. The zero-order valence-corrected chi connectivity index (χ0v) is 9.15. The summed E-state index contributed by atoms with van der Waals surface area (Å²) in [4.78, 5) is 2.55. The second kappa shape index (κ2) is 7.65. The van der Waals surface area contributed by atoms with E-state index in [0.29, 0.717) is 0 Å². The maximum Gasteiger partial charge on any atom is 0.0822 e. The number of nitrogens with zero attached hydrogens (tertiary/aromatic N) is 1. The van der Waals surface area contributed by atoms with Crippen LogP contribution in [0.25, 0.3) is 0 Å². The predicted octanol–water partition coefficient (Wildman–Crippen LogP) is 2.03. The van der Waals surface area contributed by atoms with Gasteiger partial charge in [-0.15, -0.1) is 0 Å². The fourth-order valence-corrected chi connectivity index (χ4v) is 2.59. The SMILES string of the molecule is [O]CCCCCCN1CCSCC1. The minimum atomic E-state index is 0.111. The molecule has 1 aliphatic rings. The van der Waals surface area contributed by atoms with Crippen molar-refractivity contribution >= 4 is 11.8 Å². The van der Waals surface area contributed by atoms with Crippen molar-refractivity contribution in [1.29, 1.82) is 0 Å². The number of hydrogen-bond donors (Lipinski definition) is 0. The van der Waals surface area contributed by atoms with Crippen LogP contribution in [0.4, 0.5) is 0 Å². The van der Waals surface area contributed by atoms with Gasteiger partial charge in [-0.1, -0.05) is 12.8 Å². The van der Waals surface area contributed by atoms with Crippen LogP contribution in [-0.2, 0) is 5.11 Å². The van der Waals surface area contributed by atoms with Crippen molar-refractivity contribution < 1.29 is 5.11 Å². The van der Waals surface area contributed by atoms with E-state index in [1.807, 2.05) is 0 Å². The van der Waals surface area contributed by atoms with E-state index in [0.717, 1.165) is 12.8 Å². The van der Waals surface area contributed by atoms with E-state index in [9.17, 15) is 5.11 Å². The molecule has 0 amide bonds. The first-order valence-electron chi connectivity index (χ1n) is 5.31. The van der Waals surface area contributed by atoms with E-state index in [1.165, 1.54) is 44.0 Å². The first-order chi connectivity index (χ1) is 6.43. The van der Waals surface area contributed by atoms with E-state index in [4.69, 9.17) is 0 Å². The van der Waals surface area contributed by atoms with Gasteiger partial charge in [0.2, 0.25) is 0 Å². The lowest BCUT2D eigenvalue weighted by atomic mass is 10.2. The monoisotopic (exact) mass is 202 g/mol. The van der Waals surface area contributed by atoms with Crippen molar-refractivity contribution in [1.82, 2.24) is 4.90 Å². The van der Waals surface area contributed by atoms with Crippen molar-refractivity contribution in [3.8, 4) is 0 Å². The molecule has 1 fully saturated rings. The summed E-state index contributed by atoms with van der Waals surface area (Å²) in [5.41, 5.74) is 0. The molecule has 1 saturated heterocycles. The van der Waals surface area contributed by atoms with Gasteiger partial charge in [0, 0.05) is 24.6 Å². The van der Waals surface area contributed by atoms with Crippen LogP contribution < -0.4 is 0 Å². The first kappa shape index (κ1) is 11.3. The molecule has 0 atom stereocenters. The second-order valence-electron chi connectivity index (χ2n) is 3.57. The van der Waals surface area contributed by atoms with Crippen LogP contribution in [0.3, 0.4) is 0 Å². The maximum absolute atomic E-state index is 10.2. The van der Waals surface area contributed by atoms with Gasteiger partial charge in [0.25, 0.3) is 0 Å². The van der Waals surface area contributed by atoms with Crippen LogP contribution in [-0.4, -0.2) is 42.6 Å². The summed E-state index contributed by atoms with van der Waals surface area (Å²) in [6.45, 7) is 3.90. The van der Waals surface area contributed by atoms with Crippen LogP contribution in [0, 0.1) is 0 Å². The molecule has 13 heavy (non-hydrogen) atoms. The summed E-state index contributed by atoms with van der Waals surface area (Å²) in [7, 11) is 0. The Labute approximate surface area is 85.7 Å². The lowest BCUT2D eigenvalue weighted by molar-refractivity contribution is 0.185. The van der Waals surface area contributed by atoms with Gasteiger partial charge in [-0.2, -0.15) is 11.8 Å². The largest absolute Gasteiger partial charge is 0.302 e. The van der Waals surface area contributed by atoms with Gasteiger partial charge in [0.1, 0.15) is 0 Å². The zero-order valence-electron chi connectivity index (χ0n) is 8.33. The van der Waals surface area contributed by atoms with Gasteiger partial charge in [-0.05, 0) is 19.4 Å². The number of rotatable bonds is 6. The lowest BCUT2D eigenvalue weighted by Gasteiger charge is -2.25. The molecule has 0 N–H and O–H groups in total. The Hall–Kier alpha value is 0.270. The molecule has 1 heterocycles. The van der Waals surface area contributed by atoms with E-state index < -0.39 is 0 Å². The molecule has 3 heteroatoms. The van der Waals surface area contributed by atoms with Crippen LogP contribution in [0.1, 0.15) is 25.7 Å². The van der Waals surface area contributed by atoms with Gasteiger partial charge in [0.05, 0.1) is 6.61 Å². The summed E-state index contributed by atoms with van der Waals surface area (Å²) >= 11 is 2.06. The molecule has 0 aliphatic carbocycles. The van der Waals surface area contributed by atoms with Gasteiger partial charge in [-0.25, -0.2) is 5.11 Å². The predicted molar refractivity (Wildman–Crippen MR) is 57.8 cm³/mol. The Morgan fingerprint density at radius 3 is 2.38 bits per heavy atom. The minimum Gasteiger partial charge on any atom is -0.302 e. The standard InChI is InChI=1S/C10H20NOS/c12-8-4-2-1-3-5-11-6-9-13-10-7-11/h1-10H2. The number of unbranched alkanes of at least 4 members (excludes halogenated alkanes) is 3. The Morgan fingerprint density at radius 2 is 1.69 bits per heavy atom. The second-order valence-corrected chi connectivity index (χ2v) is 4.80. The molecule has 77 valence electrons. The molecule has 2 nitrogen and oxygen atoms in total. The molecule has 0 aromatic heterocycles. The normalized spacial score (nSPS) is 19.2. The third kappa shape index (κ3) is 5.55. The van der Waals surface area contributed by atoms with Crippen LogP contribution >= 0.6 is 11.8 Å². The highest BCUT2D eigenvalue weighted by Gasteiger charge is 2.08. The average Bonchev–Trinajstić information content (AvgIpc) is 2.19. The third-order valence-corrected chi connectivity index (χ3v) is 3.41. The molecule has 0 saturated carbocycles. The highest BCUT2D eigenvalue weighted by Crippen LogP contribution is 2.10. The van der Waals surface area contributed by atoms with Crippen molar-refractivity contribution in [3.05, 3.63) is 0 Å². The highest BCUT2D eigenvalue weighted by molar-refractivity contribution is 7.99. The Balaban J connectivity index is 1.86. The van der Waals surface area contributed by atoms with Crippen molar-refractivity contribution in [2.24, 2.45) is 0 Å². The molecular formula is C10H20NOS. The minimum absolute atomic E-state index is 0.111. The Morgan fingerprint density at radius 1 is 1.00 bits per heavy atom. The Bertz CT molecular complexity index is 115. The zero-order chi connectivity index (χ0) is 9.36. The third-order valence-electron chi connectivity index (χ3n) is 2.47. The van der Waals surface area contributed by atoms with Gasteiger partial charge < -0.3 is 4.90 Å². The van der Waals surface area contributed by atoms with Gasteiger partial charge in [-0.3, -0.25) is 0 Å². The molecule has 0 bridgehead atoms. The molecule has 0 unspecified atom stereocenters. The van der Waals surface area contributed by atoms with Crippen LogP contribution in [0.15, 0.2) is 0 Å². The summed E-state index contributed by atoms with van der Waals surface area (Å²) in [6.07, 6.45) is 4.53. The topological polar surface area (TPSA) is 23.1 Å². The van der Waals surface area contributed by atoms with Crippen molar-refractivity contribution in [2.45, 2.75) is 25.7 Å². The van der Waals surface area contributed by atoms with E-state index in [-0.39, 0.29) is 6.61 Å². The van der Waals surface area contributed by atoms with Gasteiger partial charge >= 0.3 is 0 Å². The summed E-state index contributed by atoms with van der Waals surface area (Å²) < 4.78 is 0. The first-order valence-corrected chi connectivity index (χ1v) is 6.47.